The zero-order valence-corrected chi connectivity index (χ0v) is 13.7. The Labute approximate surface area is 140 Å². The van der Waals surface area contributed by atoms with E-state index in [2.05, 4.69) is 22.5 Å². The van der Waals surface area contributed by atoms with E-state index in [-0.39, 0.29) is 0 Å². The summed E-state index contributed by atoms with van der Waals surface area (Å²) in [5.74, 6) is 0. The lowest BCUT2D eigenvalue weighted by Crippen LogP contribution is -2.11. The minimum absolute atomic E-state index is 0.585. The molecule has 0 radical (unpaired) electrons. The maximum absolute atomic E-state index is 9.12. The second kappa shape index (κ2) is 6.11. The fourth-order valence-corrected chi connectivity index (χ4v) is 2.87. The molecule has 23 heavy (non-hydrogen) atoms. The first-order valence-corrected chi connectivity index (χ1v) is 7.65. The number of aromatic nitrogens is 2. The number of imidazole rings is 1. The van der Waals surface area contributed by atoms with Gasteiger partial charge in [-0.25, -0.2) is 4.68 Å². The lowest BCUT2D eigenvalue weighted by atomic mass is 10.1. The summed E-state index contributed by atoms with van der Waals surface area (Å²) in [5, 5.41) is 9.12. The molecule has 2 N–H and O–H groups in total. The van der Waals surface area contributed by atoms with Gasteiger partial charge in [-0.15, -0.1) is 0 Å². The van der Waals surface area contributed by atoms with E-state index in [0.717, 1.165) is 22.6 Å². The maximum Gasteiger partial charge on any atom is 0.197 e. The lowest BCUT2D eigenvalue weighted by Gasteiger charge is -2.13. The van der Waals surface area contributed by atoms with Gasteiger partial charge in [0.25, 0.3) is 0 Å². The van der Waals surface area contributed by atoms with E-state index in [9.17, 15) is 0 Å². The highest BCUT2D eigenvalue weighted by Crippen LogP contribution is 2.25. The number of anilines is 1. The van der Waals surface area contributed by atoms with Crippen molar-refractivity contribution in [3.63, 3.8) is 0 Å². The Morgan fingerprint density at radius 3 is 2.65 bits per heavy atom. The van der Waals surface area contributed by atoms with Crippen LogP contribution in [0.5, 0.6) is 0 Å². The molecule has 0 atom stereocenters. The molecule has 0 aliphatic rings. The topological polar surface area (TPSA) is 56.5 Å². The highest BCUT2D eigenvalue weighted by Gasteiger charge is 2.12. The molecule has 0 unspecified atom stereocenters. The molecular weight excluding hydrogens is 304 g/mol. The van der Waals surface area contributed by atoms with E-state index < -0.39 is 0 Å². The first-order valence-electron chi connectivity index (χ1n) is 7.24. The zero-order chi connectivity index (χ0) is 16.4. The molecule has 0 aliphatic carbocycles. The van der Waals surface area contributed by atoms with E-state index in [0.29, 0.717) is 10.3 Å². The standard InChI is InChI=1S/C18H16N4S/c1-12-5-3-8-16(9-12)21-22-17(13(2)20-18(22)23)15-7-4-6-14(10-15)11-19/h3-10,21H,1-2H3,(H,20,23). The Bertz CT molecular complexity index is 960. The summed E-state index contributed by atoms with van der Waals surface area (Å²) in [6.07, 6.45) is 0. The van der Waals surface area contributed by atoms with E-state index in [1.54, 1.807) is 6.07 Å². The van der Waals surface area contributed by atoms with Crippen LogP contribution in [-0.2, 0) is 0 Å². The van der Waals surface area contributed by atoms with Gasteiger partial charge in [0.05, 0.1) is 23.0 Å². The highest BCUT2D eigenvalue weighted by atomic mass is 32.1. The summed E-state index contributed by atoms with van der Waals surface area (Å²) in [5.41, 5.74) is 8.90. The first kappa shape index (κ1) is 15.1. The second-order valence-corrected chi connectivity index (χ2v) is 5.80. The molecule has 114 valence electrons. The van der Waals surface area contributed by atoms with Gasteiger partial charge in [0.15, 0.2) is 4.77 Å². The minimum atomic E-state index is 0.585. The molecule has 1 heterocycles. The van der Waals surface area contributed by atoms with Crippen LogP contribution >= 0.6 is 12.2 Å². The fraction of sp³-hybridized carbons (Fsp3) is 0.111. The van der Waals surface area contributed by atoms with Crippen molar-refractivity contribution in [1.29, 1.82) is 5.26 Å². The maximum atomic E-state index is 9.12. The number of hydrogen-bond donors (Lipinski definition) is 2. The van der Waals surface area contributed by atoms with Crippen molar-refractivity contribution in [3.05, 3.63) is 70.1 Å². The molecule has 0 spiro atoms. The third-order valence-electron chi connectivity index (χ3n) is 3.60. The third-order valence-corrected chi connectivity index (χ3v) is 3.89. The number of rotatable bonds is 3. The number of hydrogen-bond acceptors (Lipinski definition) is 3. The second-order valence-electron chi connectivity index (χ2n) is 5.41. The molecule has 0 saturated carbocycles. The van der Waals surface area contributed by atoms with Crippen LogP contribution in [0.1, 0.15) is 16.8 Å². The summed E-state index contributed by atoms with van der Waals surface area (Å²) < 4.78 is 2.43. The number of benzene rings is 2. The van der Waals surface area contributed by atoms with Gasteiger partial charge < -0.3 is 4.98 Å². The monoisotopic (exact) mass is 320 g/mol. The number of H-pyrrole nitrogens is 1. The Morgan fingerprint density at radius 1 is 1.13 bits per heavy atom. The molecule has 3 rings (SSSR count). The molecule has 1 aromatic heterocycles. The van der Waals surface area contributed by atoms with Crippen molar-refractivity contribution >= 4 is 17.9 Å². The van der Waals surface area contributed by atoms with E-state index in [1.807, 2.05) is 54.9 Å². The van der Waals surface area contributed by atoms with Gasteiger partial charge in [-0.1, -0.05) is 24.3 Å². The Balaban J connectivity index is 2.11. The molecule has 0 aliphatic heterocycles. The molecule has 3 aromatic rings. The summed E-state index contributed by atoms with van der Waals surface area (Å²) in [7, 11) is 0. The van der Waals surface area contributed by atoms with Crippen LogP contribution in [-0.4, -0.2) is 9.66 Å². The van der Waals surface area contributed by atoms with Gasteiger partial charge in [0.1, 0.15) is 0 Å². The minimum Gasteiger partial charge on any atom is -0.333 e. The van der Waals surface area contributed by atoms with Crippen molar-refractivity contribution in [1.82, 2.24) is 9.66 Å². The molecule has 0 saturated heterocycles. The van der Waals surface area contributed by atoms with Gasteiger partial charge in [-0.3, -0.25) is 5.43 Å². The van der Waals surface area contributed by atoms with Crippen LogP contribution in [0.25, 0.3) is 11.3 Å². The largest absolute Gasteiger partial charge is 0.333 e. The molecule has 0 amide bonds. The fourth-order valence-electron chi connectivity index (χ4n) is 2.58. The highest BCUT2D eigenvalue weighted by molar-refractivity contribution is 7.71. The average Bonchev–Trinajstić information content (AvgIpc) is 2.81. The van der Waals surface area contributed by atoms with Crippen LogP contribution in [0.15, 0.2) is 48.5 Å². The quantitative estimate of drug-likeness (QED) is 0.695. The molecule has 4 nitrogen and oxygen atoms in total. The van der Waals surface area contributed by atoms with Gasteiger partial charge in [0, 0.05) is 11.3 Å². The summed E-state index contributed by atoms with van der Waals surface area (Å²) >= 11 is 5.43. The molecule has 2 aromatic carbocycles. The van der Waals surface area contributed by atoms with E-state index >= 15 is 0 Å². The van der Waals surface area contributed by atoms with Crippen molar-refractivity contribution < 1.29 is 0 Å². The first-order chi connectivity index (χ1) is 11.1. The smallest absolute Gasteiger partial charge is 0.197 e. The van der Waals surface area contributed by atoms with Crippen LogP contribution in [0.2, 0.25) is 0 Å². The Morgan fingerprint density at radius 2 is 1.91 bits per heavy atom. The van der Waals surface area contributed by atoms with Gasteiger partial charge in [0.2, 0.25) is 0 Å². The number of aromatic amines is 1. The van der Waals surface area contributed by atoms with Crippen LogP contribution < -0.4 is 5.43 Å². The van der Waals surface area contributed by atoms with Crippen molar-refractivity contribution in [2.45, 2.75) is 13.8 Å². The van der Waals surface area contributed by atoms with Crippen molar-refractivity contribution in [3.8, 4) is 17.3 Å². The molecule has 0 fully saturated rings. The Kier molecular flexibility index (Phi) is 4.00. The zero-order valence-electron chi connectivity index (χ0n) is 12.9. The van der Waals surface area contributed by atoms with Crippen molar-refractivity contribution in [2.75, 3.05) is 5.43 Å². The van der Waals surface area contributed by atoms with Crippen LogP contribution in [0.4, 0.5) is 5.69 Å². The van der Waals surface area contributed by atoms with Gasteiger partial charge in [-0.05, 0) is 55.9 Å². The molecular formula is C18H16N4S. The third kappa shape index (κ3) is 3.03. The van der Waals surface area contributed by atoms with Crippen LogP contribution in [0.3, 0.4) is 0 Å². The predicted octanol–water partition coefficient (Wildman–Crippen LogP) is 4.58. The summed E-state index contributed by atoms with van der Waals surface area (Å²) in [6, 6.07) is 17.8. The van der Waals surface area contributed by atoms with Gasteiger partial charge in [-0.2, -0.15) is 5.26 Å². The van der Waals surface area contributed by atoms with Gasteiger partial charge >= 0.3 is 0 Å². The van der Waals surface area contributed by atoms with Crippen molar-refractivity contribution in [2.24, 2.45) is 0 Å². The molecule has 0 bridgehead atoms. The lowest BCUT2D eigenvalue weighted by molar-refractivity contribution is 0.942. The summed E-state index contributed by atoms with van der Waals surface area (Å²) in [4.78, 5) is 3.18. The Hall–Kier alpha value is -2.84. The molecule has 5 heteroatoms. The van der Waals surface area contributed by atoms with Crippen LogP contribution in [0, 0.1) is 29.9 Å². The number of nitrogens with one attached hydrogen (secondary N) is 2. The number of nitrogens with zero attached hydrogens (tertiary/aromatic N) is 2. The normalized spacial score (nSPS) is 10.3. The predicted molar refractivity (Wildman–Crippen MR) is 94.7 cm³/mol. The SMILES string of the molecule is Cc1cccc(Nn2c(-c3cccc(C#N)c3)c(C)[nH]c2=S)c1. The summed E-state index contributed by atoms with van der Waals surface area (Å²) in [6.45, 7) is 4.02. The van der Waals surface area contributed by atoms with E-state index in [1.165, 1.54) is 5.56 Å². The van der Waals surface area contributed by atoms with E-state index in [4.69, 9.17) is 17.5 Å². The number of nitriles is 1. The average molecular weight is 320 g/mol. The number of aryl methyl sites for hydroxylation is 2.